The number of thiocarbonyl (C=S) groups is 1. The minimum atomic E-state index is -0.917. The molecule has 1 atom stereocenters. The number of hydrogen-bond acceptors (Lipinski definition) is 4. The Labute approximate surface area is 147 Å². The van der Waals surface area contributed by atoms with Gasteiger partial charge in [-0.15, -0.1) is 0 Å². The number of nitrogens with zero attached hydrogens (tertiary/aromatic N) is 2. The number of nitrogens with one attached hydrogen (secondary N) is 1. The molecule has 1 saturated carbocycles. The first kappa shape index (κ1) is 16.8. The van der Waals surface area contributed by atoms with E-state index in [1.807, 2.05) is 31.2 Å². The molecule has 126 valence electrons. The summed E-state index contributed by atoms with van der Waals surface area (Å²) in [5, 5.41) is 2.74. The third-order valence-corrected chi connectivity index (χ3v) is 4.80. The Morgan fingerprint density at radius 1 is 1.17 bits per heavy atom. The molecule has 1 aromatic carbocycles. The van der Waals surface area contributed by atoms with Gasteiger partial charge in [0.15, 0.2) is 11.0 Å². The summed E-state index contributed by atoms with van der Waals surface area (Å²) in [4.78, 5) is 30.9. The van der Waals surface area contributed by atoms with E-state index < -0.39 is 11.8 Å². The van der Waals surface area contributed by atoms with Gasteiger partial charge in [-0.3, -0.25) is 19.5 Å². The second-order valence-electron chi connectivity index (χ2n) is 6.37. The van der Waals surface area contributed by atoms with Gasteiger partial charge >= 0.3 is 0 Å². The number of benzene rings is 1. The van der Waals surface area contributed by atoms with E-state index >= 15 is 0 Å². The summed E-state index contributed by atoms with van der Waals surface area (Å²) in [6.45, 7) is 1.97. The molecule has 24 heavy (non-hydrogen) atoms. The van der Waals surface area contributed by atoms with E-state index in [1.165, 1.54) is 17.5 Å². The molecule has 1 saturated heterocycles. The third-order valence-electron chi connectivity index (χ3n) is 4.51. The number of anilines is 1. The summed E-state index contributed by atoms with van der Waals surface area (Å²) in [5.74, 6) is -1.65. The van der Waals surface area contributed by atoms with Crippen LogP contribution in [0.15, 0.2) is 29.3 Å². The molecule has 1 N–H and O–H groups in total. The van der Waals surface area contributed by atoms with Crippen LogP contribution in [-0.2, 0) is 9.59 Å². The van der Waals surface area contributed by atoms with Gasteiger partial charge in [0.1, 0.15) is 0 Å². The number of carbonyl (C=O) groups excluding carboxylic acids is 2. The fourth-order valence-corrected chi connectivity index (χ4v) is 3.39. The van der Waals surface area contributed by atoms with Crippen LogP contribution in [0.5, 0.6) is 0 Å². The number of rotatable bonds is 3. The molecule has 0 aromatic heterocycles. The van der Waals surface area contributed by atoms with E-state index in [-0.39, 0.29) is 17.1 Å². The Balaban J connectivity index is 1.80. The van der Waals surface area contributed by atoms with Crippen LogP contribution >= 0.6 is 12.2 Å². The molecular formula is C18H21N3O2S. The van der Waals surface area contributed by atoms with E-state index in [1.54, 1.807) is 0 Å². The second-order valence-corrected chi connectivity index (χ2v) is 6.76. The highest BCUT2D eigenvalue weighted by molar-refractivity contribution is 7.80. The van der Waals surface area contributed by atoms with E-state index in [0.717, 1.165) is 31.2 Å². The fourth-order valence-electron chi connectivity index (χ4n) is 3.10. The summed E-state index contributed by atoms with van der Waals surface area (Å²) in [5.41, 5.74) is 1.75. The second kappa shape index (κ2) is 7.21. The van der Waals surface area contributed by atoms with Gasteiger partial charge in [0.05, 0.1) is 5.69 Å². The molecule has 0 unspecified atom stereocenters. The summed E-state index contributed by atoms with van der Waals surface area (Å²) in [7, 11) is 0. The first-order valence-corrected chi connectivity index (χ1v) is 8.76. The number of amides is 2. The summed E-state index contributed by atoms with van der Waals surface area (Å²) < 4.78 is 0. The van der Waals surface area contributed by atoms with Crippen molar-refractivity contribution >= 4 is 41.0 Å². The zero-order chi connectivity index (χ0) is 17.1. The Kier molecular flexibility index (Phi) is 5.04. The third kappa shape index (κ3) is 3.53. The lowest BCUT2D eigenvalue weighted by atomic mass is 9.96. The van der Waals surface area contributed by atoms with Crippen molar-refractivity contribution in [2.45, 2.75) is 45.1 Å². The van der Waals surface area contributed by atoms with Gasteiger partial charge in [-0.25, -0.2) is 0 Å². The SMILES string of the molecule is Cc1ccc(N2C(=O)[C@H](C=NC3CCCCC3)C(=O)NC2=S)cc1. The minimum absolute atomic E-state index is 0.121. The van der Waals surface area contributed by atoms with Crippen LogP contribution in [0.1, 0.15) is 37.7 Å². The van der Waals surface area contributed by atoms with E-state index in [2.05, 4.69) is 10.3 Å². The van der Waals surface area contributed by atoms with Crippen molar-refractivity contribution in [3.05, 3.63) is 29.8 Å². The monoisotopic (exact) mass is 343 g/mol. The molecule has 6 heteroatoms. The van der Waals surface area contributed by atoms with Crippen molar-refractivity contribution in [1.29, 1.82) is 0 Å². The lowest BCUT2D eigenvalue weighted by Crippen LogP contribution is -2.58. The molecule has 2 amide bonds. The maximum Gasteiger partial charge on any atom is 0.251 e. The maximum atomic E-state index is 12.8. The number of aliphatic imine (C=N–C) groups is 1. The maximum absolute atomic E-state index is 12.8. The predicted molar refractivity (Wildman–Crippen MR) is 98.3 cm³/mol. The van der Waals surface area contributed by atoms with E-state index in [4.69, 9.17) is 12.2 Å². The topological polar surface area (TPSA) is 61.8 Å². The molecule has 0 bridgehead atoms. The van der Waals surface area contributed by atoms with Crippen molar-refractivity contribution in [2.75, 3.05) is 4.90 Å². The number of hydrogen-bond donors (Lipinski definition) is 1. The van der Waals surface area contributed by atoms with Crippen molar-refractivity contribution in [3.8, 4) is 0 Å². The number of aryl methyl sites for hydroxylation is 1. The molecule has 1 aromatic rings. The lowest BCUT2D eigenvalue weighted by Gasteiger charge is -2.31. The Morgan fingerprint density at radius 2 is 1.83 bits per heavy atom. The lowest BCUT2D eigenvalue weighted by molar-refractivity contribution is -0.130. The highest BCUT2D eigenvalue weighted by Gasteiger charge is 2.38. The van der Waals surface area contributed by atoms with Crippen molar-refractivity contribution < 1.29 is 9.59 Å². The van der Waals surface area contributed by atoms with E-state index in [9.17, 15) is 9.59 Å². The summed E-state index contributed by atoms with van der Waals surface area (Å²) in [6, 6.07) is 7.69. The molecule has 0 spiro atoms. The van der Waals surface area contributed by atoms with E-state index in [0.29, 0.717) is 5.69 Å². The summed E-state index contributed by atoms with van der Waals surface area (Å²) >= 11 is 5.19. The van der Waals surface area contributed by atoms with Gasteiger partial charge in [-0.2, -0.15) is 0 Å². The van der Waals surface area contributed by atoms with Crippen LogP contribution in [0.25, 0.3) is 0 Å². The highest BCUT2D eigenvalue weighted by atomic mass is 32.1. The first-order chi connectivity index (χ1) is 11.6. The number of carbonyl (C=O) groups is 2. The van der Waals surface area contributed by atoms with Crippen LogP contribution in [0.3, 0.4) is 0 Å². The van der Waals surface area contributed by atoms with Crippen LogP contribution < -0.4 is 10.2 Å². The molecule has 1 aliphatic carbocycles. The average molecular weight is 343 g/mol. The molecule has 1 aliphatic heterocycles. The Morgan fingerprint density at radius 3 is 2.50 bits per heavy atom. The van der Waals surface area contributed by atoms with Gasteiger partial charge in [0, 0.05) is 12.3 Å². The Bertz CT molecular complexity index is 678. The van der Waals surface area contributed by atoms with Crippen molar-refractivity contribution in [2.24, 2.45) is 10.9 Å². The van der Waals surface area contributed by atoms with Gasteiger partial charge in [-0.1, -0.05) is 37.0 Å². The summed E-state index contributed by atoms with van der Waals surface area (Å²) in [6.07, 6.45) is 7.12. The van der Waals surface area contributed by atoms with Crippen molar-refractivity contribution in [1.82, 2.24) is 5.32 Å². The molecule has 1 heterocycles. The van der Waals surface area contributed by atoms with Gasteiger partial charge in [-0.05, 0) is 44.1 Å². The van der Waals surface area contributed by atoms with Crippen molar-refractivity contribution in [3.63, 3.8) is 0 Å². The first-order valence-electron chi connectivity index (χ1n) is 8.35. The average Bonchev–Trinajstić information content (AvgIpc) is 2.57. The zero-order valence-electron chi connectivity index (χ0n) is 13.7. The molecule has 0 radical (unpaired) electrons. The quantitative estimate of drug-likeness (QED) is 0.521. The Hall–Kier alpha value is -2.08. The molecule has 2 aliphatic rings. The smallest absolute Gasteiger partial charge is 0.251 e. The largest absolute Gasteiger partial charge is 0.301 e. The molecule has 2 fully saturated rings. The van der Waals surface area contributed by atoms with Crippen LogP contribution in [-0.4, -0.2) is 29.2 Å². The van der Waals surface area contributed by atoms with Gasteiger partial charge in [0.2, 0.25) is 5.91 Å². The predicted octanol–water partition coefficient (Wildman–Crippen LogP) is 2.76. The van der Waals surface area contributed by atoms with Crippen LogP contribution in [0, 0.1) is 12.8 Å². The highest BCUT2D eigenvalue weighted by Crippen LogP contribution is 2.23. The van der Waals surface area contributed by atoms with Gasteiger partial charge < -0.3 is 5.32 Å². The van der Waals surface area contributed by atoms with Crippen LogP contribution in [0.4, 0.5) is 5.69 Å². The normalized spacial score (nSPS) is 23.0. The standard InChI is InChI=1S/C18H21N3O2S/c1-12-7-9-14(10-8-12)21-17(23)15(16(22)20-18(21)24)11-19-13-5-3-2-4-6-13/h7-11,13,15H,2-6H2,1H3,(H,20,22,24)/t15-/m1/s1. The molecule has 5 nitrogen and oxygen atoms in total. The van der Waals surface area contributed by atoms with Gasteiger partial charge in [0.25, 0.3) is 5.91 Å². The minimum Gasteiger partial charge on any atom is -0.301 e. The zero-order valence-corrected chi connectivity index (χ0v) is 14.5. The molecule has 3 rings (SSSR count). The fraction of sp³-hybridized carbons (Fsp3) is 0.444. The van der Waals surface area contributed by atoms with Crippen LogP contribution in [0.2, 0.25) is 0 Å². The molecular weight excluding hydrogens is 322 g/mol.